The molecule has 1 aliphatic carbocycles. The molecule has 1 aromatic rings. The summed E-state index contributed by atoms with van der Waals surface area (Å²) < 4.78 is 0. The second kappa shape index (κ2) is 4.63. The second-order valence-corrected chi connectivity index (χ2v) is 4.37. The summed E-state index contributed by atoms with van der Waals surface area (Å²) in [6.45, 7) is 3.69. The average Bonchev–Trinajstić information content (AvgIpc) is 2.69. The van der Waals surface area contributed by atoms with E-state index in [1.54, 1.807) is 0 Å². The monoisotopic (exact) mass is 202 g/mol. The number of allylic oxidation sites excluding steroid dienone is 1. The Morgan fingerprint density at radius 3 is 2.47 bits per heavy atom. The van der Waals surface area contributed by atoms with Crippen LogP contribution < -0.4 is 0 Å². The third kappa shape index (κ3) is 2.29. The first kappa shape index (κ1) is 10.4. The van der Waals surface area contributed by atoms with E-state index < -0.39 is 0 Å². The van der Waals surface area contributed by atoms with Crippen LogP contribution in [-0.4, -0.2) is 11.2 Å². The molecule has 0 aliphatic heterocycles. The highest BCUT2D eigenvalue weighted by molar-refractivity contribution is 5.32. The van der Waals surface area contributed by atoms with Crippen molar-refractivity contribution in [2.45, 2.75) is 31.8 Å². The van der Waals surface area contributed by atoms with Crippen molar-refractivity contribution in [1.82, 2.24) is 0 Å². The lowest BCUT2D eigenvalue weighted by Crippen LogP contribution is -2.20. The maximum atomic E-state index is 10.0. The van der Waals surface area contributed by atoms with E-state index in [0.29, 0.717) is 5.92 Å². The lowest BCUT2D eigenvalue weighted by Gasteiger charge is -2.16. The molecule has 1 atom stereocenters. The van der Waals surface area contributed by atoms with Crippen molar-refractivity contribution in [2.75, 3.05) is 0 Å². The number of hydrogen-bond acceptors (Lipinski definition) is 1. The zero-order chi connectivity index (χ0) is 10.7. The molecule has 0 aromatic heterocycles. The van der Waals surface area contributed by atoms with E-state index in [1.165, 1.54) is 11.1 Å². The SMILES string of the molecule is C=CCCC(O)C1Cc2ccccc2C1. The summed E-state index contributed by atoms with van der Waals surface area (Å²) in [4.78, 5) is 0. The van der Waals surface area contributed by atoms with Gasteiger partial charge in [-0.25, -0.2) is 0 Å². The van der Waals surface area contributed by atoms with Gasteiger partial charge in [-0.2, -0.15) is 0 Å². The van der Waals surface area contributed by atoms with E-state index in [9.17, 15) is 5.11 Å². The number of fused-ring (bicyclic) bond motifs is 1. The Bertz CT molecular complexity index is 318. The first-order valence-electron chi connectivity index (χ1n) is 5.67. The van der Waals surface area contributed by atoms with Crippen LogP contribution in [0.3, 0.4) is 0 Å². The van der Waals surface area contributed by atoms with Crippen LogP contribution in [0.15, 0.2) is 36.9 Å². The Hall–Kier alpha value is -1.08. The van der Waals surface area contributed by atoms with Crippen molar-refractivity contribution in [3.8, 4) is 0 Å². The van der Waals surface area contributed by atoms with Gasteiger partial charge in [-0.15, -0.1) is 6.58 Å². The average molecular weight is 202 g/mol. The minimum Gasteiger partial charge on any atom is -0.393 e. The van der Waals surface area contributed by atoms with Gasteiger partial charge in [0.05, 0.1) is 6.10 Å². The fraction of sp³-hybridized carbons (Fsp3) is 0.429. The van der Waals surface area contributed by atoms with E-state index in [0.717, 1.165) is 25.7 Å². The molecule has 0 bridgehead atoms. The van der Waals surface area contributed by atoms with Crippen LogP contribution in [0.4, 0.5) is 0 Å². The Labute approximate surface area is 91.4 Å². The summed E-state index contributed by atoms with van der Waals surface area (Å²) in [6, 6.07) is 8.51. The van der Waals surface area contributed by atoms with Crippen molar-refractivity contribution in [1.29, 1.82) is 0 Å². The summed E-state index contributed by atoms with van der Waals surface area (Å²) in [5.74, 6) is 0.419. The van der Waals surface area contributed by atoms with Crippen LogP contribution in [0, 0.1) is 5.92 Å². The van der Waals surface area contributed by atoms with Gasteiger partial charge in [-0.1, -0.05) is 30.3 Å². The van der Waals surface area contributed by atoms with Gasteiger partial charge < -0.3 is 5.11 Å². The summed E-state index contributed by atoms with van der Waals surface area (Å²) in [5, 5.41) is 10.0. The first-order chi connectivity index (χ1) is 7.31. The van der Waals surface area contributed by atoms with Crippen molar-refractivity contribution in [2.24, 2.45) is 5.92 Å². The van der Waals surface area contributed by atoms with E-state index in [1.807, 2.05) is 6.08 Å². The maximum Gasteiger partial charge on any atom is 0.0577 e. The Morgan fingerprint density at radius 2 is 1.93 bits per heavy atom. The third-order valence-electron chi connectivity index (χ3n) is 3.29. The molecule has 2 rings (SSSR count). The van der Waals surface area contributed by atoms with Crippen molar-refractivity contribution < 1.29 is 5.11 Å². The van der Waals surface area contributed by atoms with Crippen LogP contribution in [0.2, 0.25) is 0 Å². The lowest BCUT2D eigenvalue weighted by molar-refractivity contribution is 0.105. The fourth-order valence-corrected chi connectivity index (χ4v) is 2.39. The number of hydrogen-bond donors (Lipinski definition) is 1. The molecule has 0 saturated heterocycles. The van der Waals surface area contributed by atoms with Crippen LogP contribution >= 0.6 is 0 Å². The highest BCUT2D eigenvalue weighted by Gasteiger charge is 2.26. The van der Waals surface area contributed by atoms with Gasteiger partial charge in [0.1, 0.15) is 0 Å². The highest BCUT2D eigenvalue weighted by Crippen LogP contribution is 2.29. The van der Waals surface area contributed by atoms with Gasteiger partial charge in [0.15, 0.2) is 0 Å². The zero-order valence-electron chi connectivity index (χ0n) is 9.02. The largest absolute Gasteiger partial charge is 0.393 e. The molecule has 80 valence electrons. The van der Waals surface area contributed by atoms with Crippen LogP contribution in [0.1, 0.15) is 24.0 Å². The molecule has 0 fully saturated rings. The van der Waals surface area contributed by atoms with Crippen molar-refractivity contribution >= 4 is 0 Å². The molecule has 1 nitrogen and oxygen atoms in total. The molecule has 1 heteroatoms. The topological polar surface area (TPSA) is 20.2 Å². The summed E-state index contributed by atoms with van der Waals surface area (Å²) in [5.41, 5.74) is 2.83. The number of rotatable bonds is 4. The predicted molar refractivity (Wildman–Crippen MR) is 62.8 cm³/mol. The first-order valence-corrected chi connectivity index (χ1v) is 5.67. The molecule has 1 aromatic carbocycles. The molecule has 0 radical (unpaired) electrons. The highest BCUT2D eigenvalue weighted by atomic mass is 16.3. The summed E-state index contributed by atoms with van der Waals surface area (Å²) in [7, 11) is 0. The Morgan fingerprint density at radius 1 is 1.33 bits per heavy atom. The number of aliphatic hydroxyl groups excluding tert-OH is 1. The van der Waals surface area contributed by atoms with E-state index in [-0.39, 0.29) is 6.10 Å². The number of aliphatic hydroxyl groups is 1. The van der Waals surface area contributed by atoms with E-state index in [4.69, 9.17) is 0 Å². The summed E-state index contributed by atoms with van der Waals surface area (Å²) >= 11 is 0. The molecule has 1 unspecified atom stereocenters. The minimum absolute atomic E-state index is 0.171. The zero-order valence-corrected chi connectivity index (χ0v) is 9.02. The molecule has 0 spiro atoms. The summed E-state index contributed by atoms with van der Waals surface area (Å²) in [6.07, 6.45) is 5.54. The molecule has 0 saturated carbocycles. The maximum absolute atomic E-state index is 10.0. The van der Waals surface area contributed by atoms with Crippen LogP contribution in [0.5, 0.6) is 0 Å². The fourth-order valence-electron chi connectivity index (χ4n) is 2.39. The smallest absolute Gasteiger partial charge is 0.0577 e. The van der Waals surface area contributed by atoms with Crippen molar-refractivity contribution in [3.63, 3.8) is 0 Å². The Balaban J connectivity index is 1.97. The normalized spacial score (nSPS) is 17.4. The van der Waals surface area contributed by atoms with Gasteiger partial charge in [0, 0.05) is 0 Å². The molecule has 1 aliphatic rings. The molecule has 0 amide bonds. The molecular formula is C14H18O. The van der Waals surface area contributed by atoms with Gasteiger partial charge in [-0.3, -0.25) is 0 Å². The van der Waals surface area contributed by atoms with Gasteiger partial charge in [0.25, 0.3) is 0 Å². The van der Waals surface area contributed by atoms with E-state index >= 15 is 0 Å². The minimum atomic E-state index is -0.171. The van der Waals surface area contributed by atoms with Crippen molar-refractivity contribution in [3.05, 3.63) is 48.0 Å². The standard InChI is InChI=1S/C14H18O/c1-2-3-8-14(15)13-9-11-6-4-5-7-12(11)10-13/h2,4-7,13-15H,1,3,8-10H2. The van der Waals surface area contributed by atoms with Gasteiger partial charge in [0.2, 0.25) is 0 Å². The number of benzene rings is 1. The second-order valence-electron chi connectivity index (χ2n) is 4.37. The van der Waals surface area contributed by atoms with Gasteiger partial charge >= 0.3 is 0 Å². The van der Waals surface area contributed by atoms with E-state index in [2.05, 4.69) is 30.8 Å². The molecule has 15 heavy (non-hydrogen) atoms. The lowest BCUT2D eigenvalue weighted by atomic mass is 9.95. The Kier molecular flexibility index (Phi) is 3.22. The molecular weight excluding hydrogens is 184 g/mol. The predicted octanol–water partition coefficient (Wildman–Crippen LogP) is 2.73. The van der Waals surface area contributed by atoms with Crippen LogP contribution in [0.25, 0.3) is 0 Å². The molecule has 0 heterocycles. The molecule has 1 N–H and O–H groups in total. The van der Waals surface area contributed by atoms with Gasteiger partial charge in [-0.05, 0) is 42.7 Å². The quantitative estimate of drug-likeness (QED) is 0.744. The third-order valence-corrected chi connectivity index (χ3v) is 3.29. The van der Waals surface area contributed by atoms with Crippen LogP contribution in [-0.2, 0) is 12.8 Å².